The van der Waals surface area contributed by atoms with Crippen LogP contribution < -0.4 is 5.32 Å². The summed E-state index contributed by atoms with van der Waals surface area (Å²) < 4.78 is 0. The molecule has 1 N–H and O–H groups in total. The van der Waals surface area contributed by atoms with Crippen molar-refractivity contribution in [2.75, 3.05) is 13.1 Å². The van der Waals surface area contributed by atoms with Crippen molar-refractivity contribution >= 4 is 0 Å². The Morgan fingerprint density at radius 3 is 2.41 bits per heavy atom. The molecule has 0 spiro atoms. The Kier molecular flexibility index (Phi) is 2.38. The minimum Gasteiger partial charge on any atom is -0.316 e. The van der Waals surface area contributed by atoms with Gasteiger partial charge in [0, 0.05) is 6.54 Å². The van der Waals surface area contributed by atoms with Gasteiger partial charge in [-0.25, -0.2) is 0 Å². The standard InChI is InChI=1S/C16H27N/c1-2-17-10-16(8-13-7-14(13)9-16)15-6-11-3-4-12(15)5-11/h11-15,17H,2-10H2,1H3. The molecule has 0 aromatic carbocycles. The minimum absolute atomic E-state index is 0.740. The average Bonchev–Trinajstić information content (AvgIpc) is 2.81. The van der Waals surface area contributed by atoms with E-state index in [1.54, 1.807) is 44.9 Å². The van der Waals surface area contributed by atoms with Crippen molar-refractivity contribution in [3.8, 4) is 0 Å². The van der Waals surface area contributed by atoms with Crippen LogP contribution in [-0.4, -0.2) is 13.1 Å². The summed E-state index contributed by atoms with van der Waals surface area (Å²) in [5.74, 6) is 5.64. The van der Waals surface area contributed by atoms with E-state index in [0.717, 1.165) is 41.5 Å². The Balaban J connectivity index is 1.54. The van der Waals surface area contributed by atoms with Crippen LogP contribution in [-0.2, 0) is 0 Å². The number of hydrogen-bond donors (Lipinski definition) is 1. The molecule has 0 heterocycles. The van der Waals surface area contributed by atoms with Gasteiger partial charge in [0.1, 0.15) is 0 Å². The monoisotopic (exact) mass is 233 g/mol. The van der Waals surface area contributed by atoms with Gasteiger partial charge in [0.2, 0.25) is 0 Å². The van der Waals surface area contributed by atoms with E-state index >= 15 is 0 Å². The van der Waals surface area contributed by atoms with E-state index in [-0.39, 0.29) is 0 Å². The second-order valence-electron chi connectivity index (χ2n) is 7.59. The van der Waals surface area contributed by atoms with Crippen LogP contribution in [0.4, 0.5) is 0 Å². The number of nitrogens with one attached hydrogen (secondary N) is 1. The van der Waals surface area contributed by atoms with Crippen molar-refractivity contribution in [1.29, 1.82) is 0 Å². The van der Waals surface area contributed by atoms with Gasteiger partial charge in [0.15, 0.2) is 0 Å². The van der Waals surface area contributed by atoms with Gasteiger partial charge in [0.25, 0.3) is 0 Å². The van der Waals surface area contributed by atoms with Crippen molar-refractivity contribution in [3.63, 3.8) is 0 Å². The number of hydrogen-bond acceptors (Lipinski definition) is 1. The highest BCUT2D eigenvalue weighted by Crippen LogP contribution is 2.67. The second kappa shape index (κ2) is 3.73. The maximum atomic E-state index is 3.71. The van der Waals surface area contributed by atoms with E-state index in [0.29, 0.717) is 0 Å². The summed E-state index contributed by atoms with van der Waals surface area (Å²) in [6.45, 7) is 4.77. The number of fused-ring (bicyclic) bond motifs is 3. The molecular formula is C16H27N. The molecule has 4 rings (SSSR count). The van der Waals surface area contributed by atoms with Gasteiger partial charge in [-0.2, -0.15) is 0 Å². The van der Waals surface area contributed by atoms with Crippen molar-refractivity contribution < 1.29 is 0 Å². The maximum absolute atomic E-state index is 3.71. The highest BCUT2D eigenvalue weighted by molar-refractivity contribution is 5.10. The molecule has 0 amide bonds. The zero-order chi connectivity index (χ0) is 11.5. The zero-order valence-corrected chi connectivity index (χ0v) is 11.3. The fourth-order valence-corrected chi connectivity index (χ4v) is 5.88. The molecule has 1 heteroatoms. The average molecular weight is 233 g/mol. The molecule has 5 unspecified atom stereocenters. The van der Waals surface area contributed by atoms with E-state index in [2.05, 4.69) is 12.2 Å². The predicted molar refractivity (Wildman–Crippen MR) is 70.7 cm³/mol. The summed E-state index contributed by atoms with van der Waals surface area (Å²) in [5.41, 5.74) is 0.740. The Hall–Kier alpha value is -0.0400. The largest absolute Gasteiger partial charge is 0.316 e. The maximum Gasteiger partial charge on any atom is 0.00107 e. The van der Waals surface area contributed by atoms with Crippen LogP contribution >= 0.6 is 0 Å². The van der Waals surface area contributed by atoms with Crippen molar-refractivity contribution in [1.82, 2.24) is 5.32 Å². The molecule has 4 aliphatic carbocycles. The molecule has 4 aliphatic rings. The molecule has 4 fully saturated rings. The van der Waals surface area contributed by atoms with Crippen LogP contribution in [0.5, 0.6) is 0 Å². The van der Waals surface area contributed by atoms with Crippen LogP contribution in [0.25, 0.3) is 0 Å². The first kappa shape index (κ1) is 10.8. The molecule has 96 valence electrons. The molecule has 0 saturated heterocycles. The van der Waals surface area contributed by atoms with Crippen LogP contribution in [0.1, 0.15) is 51.9 Å². The summed E-state index contributed by atoms with van der Waals surface area (Å²) in [7, 11) is 0. The van der Waals surface area contributed by atoms with E-state index in [1.165, 1.54) is 6.54 Å². The van der Waals surface area contributed by atoms with E-state index in [9.17, 15) is 0 Å². The Morgan fingerprint density at radius 2 is 1.82 bits per heavy atom. The molecule has 0 radical (unpaired) electrons. The first-order valence-electron chi connectivity index (χ1n) is 8.01. The summed E-state index contributed by atoms with van der Waals surface area (Å²) >= 11 is 0. The topological polar surface area (TPSA) is 12.0 Å². The van der Waals surface area contributed by atoms with Gasteiger partial charge in [-0.3, -0.25) is 0 Å². The van der Waals surface area contributed by atoms with Gasteiger partial charge in [-0.05, 0) is 80.1 Å². The lowest BCUT2D eigenvalue weighted by Gasteiger charge is -2.42. The molecule has 4 saturated carbocycles. The minimum atomic E-state index is 0.740. The SMILES string of the molecule is CCNCC1(C2CC3CCC2C3)CC2CC2C1. The van der Waals surface area contributed by atoms with Gasteiger partial charge in [0.05, 0.1) is 0 Å². The Labute approximate surface area is 106 Å². The molecule has 17 heavy (non-hydrogen) atoms. The first-order chi connectivity index (χ1) is 8.31. The zero-order valence-electron chi connectivity index (χ0n) is 11.3. The predicted octanol–water partition coefficient (Wildman–Crippen LogP) is 3.45. The van der Waals surface area contributed by atoms with Gasteiger partial charge in [-0.1, -0.05) is 13.3 Å². The van der Waals surface area contributed by atoms with Gasteiger partial charge in [-0.15, -0.1) is 0 Å². The van der Waals surface area contributed by atoms with Gasteiger partial charge < -0.3 is 5.32 Å². The summed E-state index contributed by atoms with van der Waals surface area (Å²) in [6, 6.07) is 0. The van der Waals surface area contributed by atoms with E-state index < -0.39 is 0 Å². The Bertz CT molecular complexity index is 301. The fourth-order valence-electron chi connectivity index (χ4n) is 5.88. The molecule has 0 aliphatic heterocycles. The van der Waals surface area contributed by atoms with Gasteiger partial charge >= 0.3 is 0 Å². The summed E-state index contributed by atoms with van der Waals surface area (Å²) in [6.07, 6.45) is 11.1. The Morgan fingerprint density at radius 1 is 1.00 bits per heavy atom. The summed E-state index contributed by atoms with van der Waals surface area (Å²) in [4.78, 5) is 0. The number of rotatable bonds is 4. The molecule has 0 aromatic rings. The molecule has 2 bridgehead atoms. The highest BCUT2D eigenvalue weighted by atomic mass is 14.9. The fraction of sp³-hybridized carbons (Fsp3) is 1.00. The lowest BCUT2D eigenvalue weighted by atomic mass is 9.65. The smallest absolute Gasteiger partial charge is 0.00107 e. The van der Waals surface area contributed by atoms with Crippen molar-refractivity contribution in [3.05, 3.63) is 0 Å². The third-order valence-electron chi connectivity index (χ3n) is 6.66. The van der Waals surface area contributed by atoms with Crippen LogP contribution in [0.2, 0.25) is 0 Å². The van der Waals surface area contributed by atoms with Crippen molar-refractivity contribution in [2.45, 2.75) is 51.9 Å². The lowest BCUT2D eigenvalue weighted by molar-refractivity contribution is 0.0906. The quantitative estimate of drug-likeness (QED) is 0.784. The third kappa shape index (κ3) is 1.61. The lowest BCUT2D eigenvalue weighted by Crippen LogP contribution is -2.41. The van der Waals surface area contributed by atoms with Crippen LogP contribution in [0, 0.1) is 35.0 Å². The van der Waals surface area contributed by atoms with Crippen molar-refractivity contribution in [2.24, 2.45) is 35.0 Å². The second-order valence-corrected chi connectivity index (χ2v) is 7.59. The third-order valence-corrected chi connectivity index (χ3v) is 6.66. The molecule has 5 atom stereocenters. The summed E-state index contributed by atoms with van der Waals surface area (Å²) in [5, 5.41) is 3.71. The van der Waals surface area contributed by atoms with Crippen LogP contribution in [0.15, 0.2) is 0 Å². The van der Waals surface area contributed by atoms with E-state index in [1.807, 2.05) is 0 Å². The van der Waals surface area contributed by atoms with Crippen LogP contribution in [0.3, 0.4) is 0 Å². The highest BCUT2D eigenvalue weighted by Gasteiger charge is 2.59. The molecular weight excluding hydrogens is 206 g/mol. The first-order valence-corrected chi connectivity index (χ1v) is 8.01. The van der Waals surface area contributed by atoms with E-state index in [4.69, 9.17) is 0 Å². The molecule has 1 nitrogen and oxygen atoms in total. The molecule has 0 aromatic heterocycles. The normalized spacial score (nSPS) is 55.2.